The van der Waals surface area contributed by atoms with E-state index in [4.69, 9.17) is 4.74 Å². The first-order valence-corrected chi connectivity index (χ1v) is 9.09. The van der Waals surface area contributed by atoms with E-state index in [1.54, 1.807) is 7.05 Å². The van der Waals surface area contributed by atoms with Gasteiger partial charge in [0, 0.05) is 40.3 Å². The number of sulfonamides is 1. The number of unbranched alkanes of at least 4 members (excludes halogenated alkanes) is 1. The van der Waals surface area contributed by atoms with E-state index in [0.717, 1.165) is 25.3 Å². The van der Waals surface area contributed by atoms with Crippen LogP contribution in [0.5, 0.6) is 0 Å². The van der Waals surface area contributed by atoms with Gasteiger partial charge in [0.15, 0.2) is 5.96 Å². The lowest BCUT2D eigenvalue weighted by molar-refractivity contribution is 0.0730. The summed E-state index contributed by atoms with van der Waals surface area (Å²) in [6, 6.07) is 0. The number of halogens is 1. The predicted octanol–water partition coefficient (Wildman–Crippen LogP) is 0.574. The number of ether oxygens (including phenoxy) is 1. The van der Waals surface area contributed by atoms with Crippen molar-refractivity contribution in [2.75, 3.05) is 59.2 Å². The van der Waals surface area contributed by atoms with Crippen molar-refractivity contribution < 1.29 is 13.2 Å². The van der Waals surface area contributed by atoms with Gasteiger partial charge in [-0.2, -0.15) is 4.31 Å². The molecule has 1 N–H and O–H groups in total. The molecule has 9 heteroatoms. The lowest BCUT2D eigenvalue weighted by atomic mass is 10.3. The predicted molar refractivity (Wildman–Crippen MR) is 100 cm³/mol. The number of guanidine groups is 1. The Bertz CT molecular complexity index is 425. The minimum absolute atomic E-state index is 0. The lowest BCUT2D eigenvalue weighted by Gasteiger charge is -2.26. The van der Waals surface area contributed by atoms with Crippen molar-refractivity contribution >= 4 is 40.0 Å². The van der Waals surface area contributed by atoms with Gasteiger partial charge in [-0.05, 0) is 6.42 Å². The standard InChI is InChI=1S/C13H28N4O3S.HI/c1-4-5-7-16(3)13(14-2)15-6-12-21(18,19)17-8-10-20-11-9-17;/h4-12H2,1-3H3,(H,14,15);1H. The fraction of sp³-hybridized carbons (Fsp3) is 0.923. The smallest absolute Gasteiger partial charge is 0.215 e. The molecule has 1 aliphatic heterocycles. The molecule has 1 fully saturated rings. The third kappa shape index (κ3) is 7.42. The van der Waals surface area contributed by atoms with E-state index in [9.17, 15) is 8.42 Å². The van der Waals surface area contributed by atoms with Crippen LogP contribution in [0.1, 0.15) is 19.8 Å². The van der Waals surface area contributed by atoms with Gasteiger partial charge in [-0.3, -0.25) is 4.99 Å². The summed E-state index contributed by atoms with van der Waals surface area (Å²) < 4.78 is 31.0. The number of rotatable bonds is 7. The zero-order chi connectivity index (χ0) is 15.7. The van der Waals surface area contributed by atoms with E-state index in [2.05, 4.69) is 17.2 Å². The molecular formula is C13H29IN4O3S. The highest BCUT2D eigenvalue weighted by Crippen LogP contribution is 2.05. The fourth-order valence-electron chi connectivity index (χ4n) is 2.13. The second-order valence-electron chi connectivity index (χ2n) is 5.08. The Morgan fingerprint density at radius 1 is 1.36 bits per heavy atom. The van der Waals surface area contributed by atoms with Gasteiger partial charge in [-0.1, -0.05) is 13.3 Å². The molecule has 1 aliphatic rings. The molecule has 1 heterocycles. The second-order valence-corrected chi connectivity index (χ2v) is 7.17. The van der Waals surface area contributed by atoms with Gasteiger partial charge in [0.25, 0.3) is 0 Å². The maximum Gasteiger partial charge on any atom is 0.215 e. The number of hydrogen-bond acceptors (Lipinski definition) is 4. The van der Waals surface area contributed by atoms with Gasteiger partial charge in [0.2, 0.25) is 10.0 Å². The van der Waals surface area contributed by atoms with Crippen molar-refractivity contribution in [3.63, 3.8) is 0 Å². The number of aliphatic imine (C=N–C) groups is 1. The SMILES string of the molecule is CCCCN(C)C(=NC)NCCS(=O)(=O)N1CCOCC1.I. The highest BCUT2D eigenvalue weighted by molar-refractivity contribution is 14.0. The first-order chi connectivity index (χ1) is 10.0. The quantitative estimate of drug-likeness (QED) is 0.350. The van der Waals surface area contributed by atoms with E-state index in [1.165, 1.54) is 4.31 Å². The van der Waals surface area contributed by atoms with Crippen LogP contribution in [-0.2, 0) is 14.8 Å². The van der Waals surface area contributed by atoms with Crippen LogP contribution >= 0.6 is 24.0 Å². The van der Waals surface area contributed by atoms with Crippen LogP contribution < -0.4 is 5.32 Å². The third-order valence-electron chi connectivity index (χ3n) is 3.43. The minimum atomic E-state index is -3.21. The summed E-state index contributed by atoms with van der Waals surface area (Å²) in [6.07, 6.45) is 2.20. The Labute approximate surface area is 151 Å². The van der Waals surface area contributed by atoms with E-state index in [1.807, 2.05) is 11.9 Å². The fourth-order valence-corrected chi connectivity index (χ4v) is 3.46. The Balaban J connectivity index is 0.00000441. The van der Waals surface area contributed by atoms with E-state index < -0.39 is 10.0 Å². The van der Waals surface area contributed by atoms with Crippen molar-refractivity contribution in [1.29, 1.82) is 0 Å². The molecular weight excluding hydrogens is 419 g/mol. The van der Waals surface area contributed by atoms with Gasteiger partial charge in [0.1, 0.15) is 0 Å². The van der Waals surface area contributed by atoms with Crippen LogP contribution in [0.15, 0.2) is 4.99 Å². The maximum atomic E-state index is 12.2. The monoisotopic (exact) mass is 448 g/mol. The summed E-state index contributed by atoms with van der Waals surface area (Å²) in [5.41, 5.74) is 0. The molecule has 7 nitrogen and oxygen atoms in total. The van der Waals surface area contributed by atoms with Gasteiger partial charge >= 0.3 is 0 Å². The largest absolute Gasteiger partial charge is 0.379 e. The molecule has 0 atom stereocenters. The summed E-state index contributed by atoms with van der Waals surface area (Å²) in [7, 11) is 0.457. The normalized spacial score (nSPS) is 17.0. The molecule has 0 aromatic carbocycles. The summed E-state index contributed by atoms with van der Waals surface area (Å²) in [4.78, 5) is 6.19. The van der Waals surface area contributed by atoms with Gasteiger partial charge in [-0.25, -0.2) is 8.42 Å². The Kier molecular flexibility index (Phi) is 11.3. The van der Waals surface area contributed by atoms with E-state index in [-0.39, 0.29) is 29.7 Å². The Morgan fingerprint density at radius 2 is 2.00 bits per heavy atom. The third-order valence-corrected chi connectivity index (χ3v) is 5.30. The van der Waals surface area contributed by atoms with Crippen molar-refractivity contribution in [2.24, 2.45) is 4.99 Å². The van der Waals surface area contributed by atoms with Gasteiger partial charge in [-0.15, -0.1) is 24.0 Å². The molecule has 1 rings (SSSR count). The average molecular weight is 448 g/mol. The first-order valence-electron chi connectivity index (χ1n) is 7.48. The van der Waals surface area contributed by atoms with E-state index in [0.29, 0.717) is 32.8 Å². The molecule has 0 unspecified atom stereocenters. The first kappa shape index (κ1) is 21.9. The van der Waals surface area contributed by atoms with Gasteiger partial charge in [0.05, 0.1) is 19.0 Å². The molecule has 132 valence electrons. The highest BCUT2D eigenvalue weighted by Gasteiger charge is 2.23. The Hall–Kier alpha value is -0.130. The average Bonchev–Trinajstić information content (AvgIpc) is 2.50. The van der Waals surface area contributed by atoms with Crippen LogP contribution in [0.4, 0.5) is 0 Å². The molecule has 0 aromatic rings. The molecule has 0 saturated carbocycles. The van der Waals surface area contributed by atoms with E-state index >= 15 is 0 Å². The molecule has 0 bridgehead atoms. The minimum Gasteiger partial charge on any atom is -0.379 e. The lowest BCUT2D eigenvalue weighted by Crippen LogP contribution is -2.45. The summed E-state index contributed by atoms with van der Waals surface area (Å²) >= 11 is 0. The molecule has 22 heavy (non-hydrogen) atoms. The zero-order valence-electron chi connectivity index (χ0n) is 13.7. The number of nitrogens with zero attached hydrogens (tertiary/aromatic N) is 3. The second kappa shape index (κ2) is 11.4. The van der Waals surface area contributed by atoms with Crippen molar-refractivity contribution in [3.05, 3.63) is 0 Å². The molecule has 0 amide bonds. The van der Waals surface area contributed by atoms with Crippen LogP contribution in [0, 0.1) is 0 Å². The molecule has 0 aliphatic carbocycles. The zero-order valence-corrected chi connectivity index (χ0v) is 16.9. The molecule has 0 aromatic heterocycles. The molecule has 1 saturated heterocycles. The van der Waals surface area contributed by atoms with Crippen LogP contribution in [0.3, 0.4) is 0 Å². The molecule has 0 spiro atoms. The number of hydrogen-bond donors (Lipinski definition) is 1. The highest BCUT2D eigenvalue weighted by atomic mass is 127. The Morgan fingerprint density at radius 3 is 2.55 bits per heavy atom. The van der Waals surface area contributed by atoms with Crippen molar-refractivity contribution in [2.45, 2.75) is 19.8 Å². The molecule has 0 radical (unpaired) electrons. The number of morpholine rings is 1. The van der Waals surface area contributed by atoms with Crippen LogP contribution in [0.2, 0.25) is 0 Å². The van der Waals surface area contributed by atoms with Crippen LogP contribution in [-0.4, -0.2) is 82.8 Å². The summed E-state index contributed by atoms with van der Waals surface area (Å²) in [6.45, 7) is 5.28. The van der Waals surface area contributed by atoms with Crippen molar-refractivity contribution in [1.82, 2.24) is 14.5 Å². The maximum absolute atomic E-state index is 12.2. The summed E-state index contributed by atoms with van der Waals surface area (Å²) in [5.74, 6) is 0.814. The van der Waals surface area contributed by atoms with Crippen LogP contribution in [0.25, 0.3) is 0 Å². The number of nitrogens with one attached hydrogen (secondary N) is 1. The topological polar surface area (TPSA) is 74.2 Å². The summed E-state index contributed by atoms with van der Waals surface area (Å²) in [5, 5.41) is 3.11. The van der Waals surface area contributed by atoms with Gasteiger partial charge < -0.3 is 15.0 Å². The van der Waals surface area contributed by atoms with Crippen molar-refractivity contribution in [3.8, 4) is 0 Å².